The third kappa shape index (κ3) is 2.20. The molecule has 1 fully saturated rings. The van der Waals surface area contributed by atoms with Crippen LogP contribution in [0.5, 0.6) is 0 Å². The van der Waals surface area contributed by atoms with E-state index in [1.165, 1.54) is 25.0 Å². The average molecular weight is 195 g/mol. The highest BCUT2D eigenvalue weighted by atomic mass is 15.0. The summed E-state index contributed by atoms with van der Waals surface area (Å²) in [7, 11) is 0. The fourth-order valence-electron chi connectivity index (χ4n) is 2.41. The van der Waals surface area contributed by atoms with Crippen LogP contribution in [0.2, 0.25) is 0 Å². The Hall–Kier alpha value is -0.300. The quantitative estimate of drug-likeness (QED) is 0.680. The second-order valence-electron chi connectivity index (χ2n) is 5.64. The monoisotopic (exact) mass is 195 g/mol. The highest BCUT2D eigenvalue weighted by molar-refractivity contribution is 5.10. The van der Waals surface area contributed by atoms with Crippen molar-refractivity contribution in [2.24, 2.45) is 5.41 Å². The average Bonchev–Trinajstić information content (AvgIpc) is 2.52. The molecular formula is C13H25N. The maximum absolute atomic E-state index is 4.16. The van der Waals surface area contributed by atoms with E-state index in [2.05, 4.69) is 39.6 Å². The van der Waals surface area contributed by atoms with Crippen LogP contribution < -0.4 is 5.32 Å². The van der Waals surface area contributed by atoms with Crippen LogP contribution in [0.25, 0.3) is 0 Å². The highest BCUT2D eigenvalue weighted by Crippen LogP contribution is 2.41. The molecule has 1 nitrogen and oxygen atoms in total. The molecule has 1 N–H and O–H groups in total. The fourth-order valence-corrected chi connectivity index (χ4v) is 2.41. The van der Waals surface area contributed by atoms with E-state index in [0.29, 0.717) is 11.0 Å². The molecule has 1 saturated heterocycles. The molecule has 1 unspecified atom stereocenters. The first-order valence-electron chi connectivity index (χ1n) is 5.83. The van der Waals surface area contributed by atoms with E-state index in [-0.39, 0.29) is 0 Å². The Balaban J connectivity index is 2.77. The van der Waals surface area contributed by atoms with Gasteiger partial charge in [0.2, 0.25) is 0 Å². The van der Waals surface area contributed by atoms with Crippen LogP contribution >= 0.6 is 0 Å². The molecular weight excluding hydrogens is 170 g/mol. The number of hydrogen-bond donors (Lipinski definition) is 1. The lowest BCUT2D eigenvalue weighted by Gasteiger charge is -2.43. The van der Waals surface area contributed by atoms with Gasteiger partial charge < -0.3 is 5.32 Å². The molecule has 1 aliphatic heterocycles. The summed E-state index contributed by atoms with van der Waals surface area (Å²) in [5, 5.41) is 3.71. The van der Waals surface area contributed by atoms with Crippen molar-refractivity contribution in [3.63, 3.8) is 0 Å². The van der Waals surface area contributed by atoms with Gasteiger partial charge in [0.25, 0.3) is 0 Å². The van der Waals surface area contributed by atoms with Crippen molar-refractivity contribution in [3.8, 4) is 0 Å². The number of hydrogen-bond acceptors (Lipinski definition) is 1. The standard InChI is InChI=1S/C13H25N/c1-6-11(2)10-13(12(3,4)5)8-7-9-14-13/h14H,2,6-10H2,1,3-5H3. The summed E-state index contributed by atoms with van der Waals surface area (Å²) in [5.74, 6) is 0. The second-order valence-corrected chi connectivity index (χ2v) is 5.64. The molecule has 0 aromatic carbocycles. The lowest BCUT2D eigenvalue weighted by atomic mass is 9.69. The molecule has 0 bridgehead atoms. The normalized spacial score (nSPS) is 28.0. The van der Waals surface area contributed by atoms with Crippen LogP contribution in [0.3, 0.4) is 0 Å². The van der Waals surface area contributed by atoms with E-state index >= 15 is 0 Å². The molecule has 14 heavy (non-hydrogen) atoms. The lowest BCUT2D eigenvalue weighted by molar-refractivity contribution is 0.158. The maximum atomic E-state index is 4.16. The zero-order valence-corrected chi connectivity index (χ0v) is 10.2. The Morgan fingerprint density at radius 1 is 1.43 bits per heavy atom. The Morgan fingerprint density at radius 3 is 2.43 bits per heavy atom. The van der Waals surface area contributed by atoms with Gasteiger partial charge in [-0.2, -0.15) is 0 Å². The Labute approximate surface area is 89.0 Å². The van der Waals surface area contributed by atoms with Crippen molar-refractivity contribution in [2.75, 3.05) is 6.54 Å². The van der Waals surface area contributed by atoms with E-state index in [0.717, 1.165) is 12.8 Å². The topological polar surface area (TPSA) is 12.0 Å². The molecule has 0 radical (unpaired) electrons. The first-order chi connectivity index (χ1) is 6.41. The molecule has 0 saturated carbocycles. The summed E-state index contributed by atoms with van der Waals surface area (Å²) in [4.78, 5) is 0. The molecule has 1 heterocycles. The molecule has 1 aliphatic rings. The van der Waals surface area contributed by atoms with Crippen molar-refractivity contribution in [3.05, 3.63) is 12.2 Å². The zero-order chi connectivity index (χ0) is 10.8. The predicted octanol–water partition coefficient (Wildman–Crippen LogP) is 3.51. The van der Waals surface area contributed by atoms with Crippen LogP contribution in [0.4, 0.5) is 0 Å². The first kappa shape index (κ1) is 11.8. The summed E-state index contributed by atoms with van der Waals surface area (Å²) in [6.45, 7) is 14.6. The smallest absolute Gasteiger partial charge is 0.0267 e. The molecule has 1 heteroatoms. The summed E-state index contributed by atoms with van der Waals surface area (Å²) < 4.78 is 0. The highest BCUT2D eigenvalue weighted by Gasteiger charge is 2.43. The summed E-state index contributed by atoms with van der Waals surface area (Å²) in [5.41, 5.74) is 2.02. The van der Waals surface area contributed by atoms with Gasteiger partial charge in [-0.3, -0.25) is 0 Å². The minimum absolute atomic E-state index is 0.306. The second kappa shape index (κ2) is 4.06. The zero-order valence-electron chi connectivity index (χ0n) is 10.2. The molecule has 0 aromatic heterocycles. The van der Waals surface area contributed by atoms with Gasteiger partial charge >= 0.3 is 0 Å². The fraction of sp³-hybridized carbons (Fsp3) is 0.846. The molecule has 1 atom stereocenters. The van der Waals surface area contributed by atoms with Gasteiger partial charge in [0.15, 0.2) is 0 Å². The van der Waals surface area contributed by atoms with Gasteiger partial charge in [0, 0.05) is 5.54 Å². The van der Waals surface area contributed by atoms with Gasteiger partial charge in [-0.25, -0.2) is 0 Å². The van der Waals surface area contributed by atoms with E-state index in [9.17, 15) is 0 Å². The van der Waals surface area contributed by atoms with Crippen LogP contribution in [0.1, 0.15) is 53.4 Å². The SMILES string of the molecule is C=C(CC)CC1(C(C)(C)C)CCCN1. The third-order valence-corrected chi connectivity index (χ3v) is 3.73. The van der Waals surface area contributed by atoms with Crippen LogP contribution in [0.15, 0.2) is 12.2 Å². The molecule has 1 rings (SSSR count). The van der Waals surface area contributed by atoms with E-state index < -0.39 is 0 Å². The van der Waals surface area contributed by atoms with Gasteiger partial charge in [0.1, 0.15) is 0 Å². The summed E-state index contributed by atoms with van der Waals surface area (Å²) >= 11 is 0. The Kier molecular flexibility index (Phi) is 3.41. The lowest BCUT2D eigenvalue weighted by Crippen LogP contribution is -2.51. The Morgan fingerprint density at radius 2 is 2.07 bits per heavy atom. The maximum Gasteiger partial charge on any atom is 0.0267 e. The minimum atomic E-state index is 0.306. The van der Waals surface area contributed by atoms with Crippen molar-refractivity contribution in [1.82, 2.24) is 5.32 Å². The molecule has 0 amide bonds. The van der Waals surface area contributed by atoms with Crippen molar-refractivity contribution >= 4 is 0 Å². The van der Waals surface area contributed by atoms with Crippen molar-refractivity contribution in [1.29, 1.82) is 0 Å². The molecule has 0 aliphatic carbocycles. The van der Waals surface area contributed by atoms with Gasteiger partial charge in [0.05, 0.1) is 0 Å². The van der Waals surface area contributed by atoms with E-state index in [4.69, 9.17) is 0 Å². The summed E-state index contributed by atoms with van der Waals surface area (Å²) in [6.07, 6.45) is 4.87. The van der Waals surface area contributed by atoms with E-state index in [1.807, 2.05) is 0 Å². The van der Waals surface area contributed by atoms with Crippen LogP contribution in [-0.4, -0.2) is 12.1 Å². The van der Waals surface area contributed by atoms with Gasteiger partial charge in [-0.05, 0) is 37.6 Å². The number of nitrogens with one attached hydrogen (secondary N) is 1. The largest absolute Gasteiger partial charge is 0.310 e. The Bertz CT molecular complexity index is 204. The van der Waals surface area contributed by atoms with Crippen molar-refractivity contribution in [2.45, 2.75) is 58.9 Å². The number of rotatable bonds is 3. The minimum Gasteiger partial charge on any atom is -0.310 e. The van der Waals surface area contributed by atoms with Crippen LogP contribution in [0, 0.1) is 5.41 Å². The van der Waals surface area contributed by atoms with Crippen LogP contribution in [-0.2, 0) is 0 Å². The summed E-state index contributed by atoms with van der Waals surface area (Å²) in [6, 6.07) is 0. The molecule has 82 valence electrons. The third-order valence-electron chi connectivity index (χ3n) is 3.73. The van der Waals surface area contributed by atoms with Crippen molar-refractivity contribution < 1.29 is 0 Å². The van der Waals surface area contributed by atoms with Gasteiger partial charge in [-0.1, -0.05) is 39.8 Å². The van der Waals surface area contributed by atoms with E-state index in [1.54, 1.807) is 0 Å². The molecule has 0 spiro atoms. The first-order valence-corrected chi connectivity index (χ1v) is 5.83. The predicted molar refractivity (Wildman–Crippen MR) is 63.5 cm³/mol. The molecule has 0 aromatic rings. The van der Waals surface area contributed by atoms with Gasteiger partial charge in [-0.15, -0.1) is 0 Å².